The predicted molar refractivity (Wildman–Crippen MR) is 69.3 cm³/mol. The third kappa shape index (κ3) is 2.77. The van der Waals surface area contributed by atoms with Crippen molar-refractivity contribution in [2.45, 2.75) is 0 Å². The van der Waals surface area contributed by atoms with E-state index in [0.29, 0.717) is 15.4 Å². The Hall–Kier alpha value is -1.54. The maximum atomic E-state index is 11.8. The number of hydrogen-bond donors (Lipinski definition) is 2. The Balaban J connectivity index is 2.14. The molecular weight excluding hydrogens is 306 g/mol. The molecule has 0 saturated carbocycles. The van der Waals surface area contributed by atoms with Crippen molar-refractivity contribution in [2.75, 3.05) is 17.7 Å². The molecule has 0 bridgehead atoms. The maximum Gasteiger partial charge on any atom is 0.287 e. The molecule has 0 aliphatic rings. The fourth-order valence-electron chi connectivity index (χ4n) is 1.05. The van der Waals surface area contributed by atoms with Gasteiger partial charge in [-0.25, -0.2) is 4.98 Å². The lowest BCUT2D eigenvalue weighted by Crippen LogP contribution is -2.13. The summed E-state index contributed by atoms with van der Waals surface area (Å²) in [6.07, 6.45) is 1.60. The first-order valence-corrected chi connectivity index (χ1v) is 6.25. The van der Waals surface area contributed by atoms with Crippen molar-refractivity contribution >= 4 is 44.1 Å². The Morgan fingerprint density at radius 1 is 1.47 bits per heavy atom. The highest BCUT2D eigenvalue weighted by Crippen LogP contribution is 2.20. The average molecular weight is 314 g/mol. The largest absolute Gasteiger partial charge is 0.363 e. The molecule has 17 heavy (non-hydrogen) atoms. The van der Waals surface area contributed by atoms with Gasteiger partial charge in [-0.15, -0.1) is 10.2 Å². The Labute approximate surface area is 110 Å². The van der Waals surface area contributed by atoms with Gasteiger partial charge in [0.05, 0.1) is 4.47 Å². The summed E-state index contributed by atoms with van der Waals surface area (Å²) in [5.74, 6) is 0.127. The Morgan fingerprint density at radius 3 is 2.94 bits per heavy atom. The van der Waals surface area contributed by atoms with E-state index in [-0.39, 0.29) is 10.9 Å². The number of anilines is 2. The second-order valence-corrected chi connectivity index (χ2v) is 4.78. The lowest BCUT2D eigenvalue weighted by atomic mass is 10.4. The van der Waals surface area contributed by atoms with Crippen molar-refractivity contribution < 1.29 is 4.79 Å². The zero-order valence-corrected chi connectivity index (χ0v) is 11.2. The normalized spacial score (nSPS) is 10.0. The molecule has 0 fully saturated rings. The highest BCUT2D eigenvalue weighted by molar-refractivity contribution is 9.10. The first-order valence-electron chi connectivity index (χ1n) is 4.64. The topological polar surface area (TPSA) is 79.8 Å². The van der Waals surface area contributed by atoms with Crippen molar-refractivity contribution in [2.24, 2.45) is 0 Å². The van der Waals surface area contributed by atoms with Gasteiger partial charge in [0.15, 0.2) is 0 Å². The average Bonchev–Trinajstić information content (AvgIpc) is 2.81. The van der Waals surface area contributed by atoms with E-state index in [4.69, 9.17) is 0 Å². The number of hydrogen-bond acceptors (Lipinski definition) is 6. The van der Waals surface area contributed by atoms with Crippen LogP contribution in [0.1, 0.15) is 9.80 Å². The van der Waals surface area contributed by atoms with Crippen LogP contribution in [0.25, 0.3) is 0 Å². The van der Waals surface area contributed by atoms with Crippen molar-refractivity contribution in [1.29, 1.82) is 0 Å². The van der Waals surface area contributed by atoms with Crippen LogP contribution < -0.4 is 10.6 Å². The molecule has 0 unspecified atom stereocenters. The van der Waals surface area contributed by atoms with Crippen LogP contribution in [0.2, 0.25) is 0 Å². The predicted octanol–water partition coefficient (Wildman–Crippen LogP) is 1.99. The minimum Gasteiger partial charge on any atom is -0.363 e. The van der Waals surface area contributed by atoms with Gasteiger partial charge in [0.25, 0.3) is 5.91 Å². The lowest BCUT2D eigenvalue weighted by molar-refractivity contribution is 0.102. The number of nitrogens with zero attached hydrogens (tertiary/aromatic N) is 3. The van der Waals surface area contributed by atoms with E-state index in [1.165, 1.54) is 11.3 Å². The van der Waals surface area contributed by atoms with E-state index in [1.807, 2.05) is 0 Å². The summed E-state index contributed by atoms with van der Waals surface area (Å²) in [4.78, 5) is 15.8. The van der Waals surface area contributed by atoms with E-state index in [1.54, 1.807) is 25.4 Å². The van der Waals surface area contributed by atoms with Crippen LogP contribution in [0.15, 0.2) is 22.8 Å². The minimum atomic E-state index is -0.330. The number of carbonyl (C=O) groups is 1. The first kappa shape index (κ1) is 11.9. The molecule has 6 nitrogen and oxygen atoms in total. The number of nitrogens with one attached hydrogen (secondary N) is 2. The summed E-state index contributed by atoms with van der Waals surface area (Å²) < 4.78 is 0.715. The van der Waals surface area contributed by atoms with Crippen molar-refractivity contribution in [1.82, 2.24) is 15.2 Å². The molecule has 0 aromatic carbocycles. The second kappa shape index (κ2) is 5.19. The summed E-state index contributed by atoms with van der Waals surface area (Å²) in [7, 11) is 1.72. The molecule has 2 aromatic heterocycles. The summed E-state index contributed by atoms with van der Waals surface area (Å²) in [6.45, 7) is 0. The third-order valence-corrected chi connectivity index (χ3v) is 3.40. The van der Waals surface area contributed by atoms with E-state index in [0.717, 1.165) is 0 Å². The van der Waals surface area contributed by atoms with Gasteiger partial charge in [-0.3, -0.25) is 4.79 Å². The number of carbonyl (C=O) groups excluding carboxylic acids is 1. The molecule has 2 rings (SSSR count). The number of amides is 1. The molecule has 0 spiro atoms. The number of rotatable bonds is 3. The van der Waals surface area contributed by atoms with Crippen LogP contribution in [0.5, 0.6) is 0 Å². The molecule has 0 aliphatic heterocycles. The quantitative estimate of drug-likeness (QED) is 0.906. The Morgan fingerprint density at radius 2 is 2.29 bits per heavy atom. The number of halogens is 1. The lowest BCUT2D eigenvalue weighted by Gasteiger charge is -2.02. The molecular formula is C9H8BrN5OS. The van der Waals surface area contributed by atoms with E-state index in [9.17, 15) is 4.79 Å². The monoisotopic (exact) mass is 313 g/mol. The zero-order valence-electron chi connectivity index (χ0n) is 8.77. The molecule has 8 heteroatoms. The third-order valence-electron chi connectivity index (χ3n) is 1.82. The van der Waals surface area contributed by atoms with Gasteiger partial charge in [0, 0.05) is 13.2 Å². The van der Waals surface area contributed by atoms with Gasteiger partial charge >= 0.3 is 0 Å². The molecule has 0 saturated heterocycles. The number of aromatic nitrogens is 3. The second-order valence-electron chi connectivity index (χ2n) is 2.95. The van der Waals surface area contributed by atoms with E-state index >= 15 is 0 Å². The highest BCUT2D eigenvalue weighted by atomic mass is 79.9. The summed E-state index contributed by atoms with van der Waals surface area (Å²) in [5, 5.41) is 13.9. The van der Waals surface area contributed by atoms with Crippen molar-refractivity contribution in [3.8, 4) is 0 Å². The molecule has 0 atom stereocenters. The van der Waals surface area contributed by atoms with Crippen molar-refractivity contribution in [3.63, 3.8) is 0 Å². The van der Waals surface area contributed by atoms with Gasteiger partial charge in [-0.05, 0) is 28.1 Å². The van der Waals surface area contributed by atoms with Gasteiger partial charge in [0.2, 0.25) is 10.1 Å². The van der Waals surface area contributed by atoms with Crippen LogP contribution in [0, 0.1) is 0 Å². The van der Waals surface area contributed by atoms with Gasteiger partial charge in [0.1, 0.15) is 5.82 Å². The number of pyridine rings is 1. The molecule has 2 heterocycles. The van der Waals surface area contributed by atoms with E-state index < -0.39 is 0 Å². The summed E-state index contributed by atoms with van der Waals surface area (Å²) in [6, 6.07) is 3.56. The first-order chi connectivity index (χ1) is 8.20. The Bertz CT molecular complexity index is 544. The van der Waals surface area contributed by atoms with Crippen LogP contribution in [-0.4, -0.2) is 28.1 Å². The molecule has 0 aliphatic carbocycles. The van der Waals surface area contributed by atoms with Crippen molar-refractivity contribution in [3.05, 3.63) is 27.8 Å². The fourth-order valence-corrected chi connectivity index (χ4v) is 2.00. The van der Waals surface area contributed by atoms with Gasteiger partial charge in [-0.1, -0.05) is 11.3 Å². The van der Waals surface area contributed by atoms with Crippen LogP contribution >= 0.6 is 27.3 Å². The molecule has 2 aromatic rings. The zero-order chi connectivity index (χ0) is 12.3. The van der Waals surface area contributed by atoms with E-state index in [2.05, 4.69) is 41.7 Å². The van der Waals surface area contributed by atoms with Crippen LogP contribution in [-0.2, 0) is 0 Å². The molecule has 2 N–H and O–H groups in total. The SMILES string of the molecule is CNc1nnc(C(=O)Nc2ncccc2Br)s1. The maximum absolute atomic E-state index is 11.8. The standard InChI is InChI=1S/C9H8BrN5OS/c1-11-9-15-14-8(17-9)7(16)13-6-5(10)3-2-4-12-6/h2-4H,1H3,(H,11,15)(H,12,13,16). The summed E-state index contributed by atoms with van der Waals surface area (Å²) >= 11 is 4.47. The molecule has 1 amide bonds. The summed E-state index contributed by atoms with van der Waals surface area (Å²) in [5.41, 5.74) is 0. The van der Waals surface area contributed by atoms with Gasteiger partial charge in [-0.2, -0.15) is 0 Å². The fraction of sp³-hybridized carbons (Fsp3) is 0.111. The van der Waals surface area contributed by atoms with Crippen LogP contribution in [0.4, 0.5) is 10.9 Å². The smallest absolute Gasteiger partial charge is 0.287 e. The molecule has 88 valence electrons. The molecule has 0 radical (unpaired) electrons. The van der Waals surface area contributed by atoms with Crippen LogP contribution in [0.3, 0.4) is 0 Å². The minimum absolute atomic E-state index is 0.284. The van der Waals surface area contributed by atoms with Gasteiger partial charge < -0.3 is 10.6 Å². The highest BCUT2D eigenvalue weighted by Gasteiger charge is 2.14. The Kier molecular flexibility index (Phi) is 3.64.